The van der Waals surface area contributed by atoms with Crippen LogP contribution >= 0.6 is 0 Å². The predicted octanol–water partition coefficient (Wildman–Crippen LogP) is 3.16. The van der Waals surface area contributed by atoms with E-state index in [1.165, 1.54) is 5.57 Å². The molecule has 2 aliphatic rings. The number of carbonyl (C=O) groups is 2. The van der Waals surface area contributed by atoms with Gasteiger partial charge < -0.3 is 14.6 Å². The summed E-state index contributed by atoms with van der Waals surface area (Å²) in [6.45, 7) is 6.25. The predicted molar refractivity (Wildman–Crippen MR) is 94.7 cm³/mol. The largest absolute Gasteiger partial charge is 0.458 e. The maximum atomic E-state index is 11.9. The van der Waals surface area contributed by atoms with Crippen LogP contribution in [0.2, 0.25) is 0 Å². The number of esters is 2. The zero-order valence-corrected chi connectivity index (χ0v) is 15.1. The third kappa shape index (κ3) is 5.71. The van der Waals surface area contributed by atoms with Crippen molar-refractivity contribution in [1.82, 2.24) is 0 Å². The first-order valence-corrected chi connectivity index (χ1v) is 8.62. The van der Waals surface area contributed by atoms with E-state index in [4.69, 9.17) is 9.47 Å². The number of aliphatic hydroxyl groups is 1. The van der Waals surface area contributed by atoms with Gasteiger partial charge in [0.2, 0.25) is 0 Å². The summed E-state index contributed by atoms with van der Waals surface area (Å²) in [5, 5.41) is 10.2. The minimum atomic E-state index is -0.890. The summed E-state index contributed by atoms with van der Waals surface area (Å²) < 4.78 is 10.1. The molecule has 136 valence electrons. The Bertz CT molecular complexity index is 647. The van der Waals surface area contributed by atoms with Crippen molar-refractivity contribution in [3.05, 3.63) is 46.6 Å². The molecular weight excluding hydrogens is 320 g/mol. The number of allylic oxidation sites excluding steroid dienone is 4. The Morgan fingerprint density at radius 2 is 2.04 bits per heavy atom. The Labute approximate surface area is 148 Å². The van der Waals surface area contributed by atoms with Crippen LogP contribution in [0.4, 0.5) is 0 Å². The number of rotatable bonds is 7. The summed E-state index contributed by atoms with van der Waals surface area (Å²) in [5.74, 6) is -0.690. The van der Waals surface area contributed by atoms with Crippen LogP contribution in [-0.4, -0.2) is 35.9 Å². The Kier molecular flexibility index (Phi) is 6.76. The van der Waals surface area contributed by atoms with E-state index in [1.807, 2.05) is 20.8 Å². The van der Waals surface area contributed by atoms with Gasteiger partial charge >= 0.3 is 11.9 Å². The number of aliphatic hydroxyl groups excluding tert-OH is 1. The molecule has 2 rings (SSSR count). The minimum Gasteiger partial charge on any atom is -0.458 e. The molecule has 0 radical (unpaired) electrons. The van der Waals surface area contributed by atoms with Crippen molar-refractivity contribution in [3.8, 4) is 0 Å². The Morgan fingerprint density at radius 1 is 1.28 bits per heavy atom. The molecule has 0 aromatic heterocycles. The lowest BCUT2D eigenvalue weighted by molar-refractivity contribution is -0.138. The molecule has 1 N–H and O–H groups in total. The summed E-state index contributed by atoms with van der Waals surface area (Å²) >= 11 is 0. The highest BCUT2D eigenvalue weighted by molar-refractivity contribution is 5.92. The smallest absolute Gasteiger partial charge is 0.337 e. The van der Waals surface area contributed by atoms with Gasteiger partial charge in [-0.2, -0.15) is 0 Å². The number of ether oxygens (including phenoxy) is 2. The molecule has 0 amide bonds. The SMILES string of the molecule is CC(C)=C[C@H]1OC(=O)/C(=C/CC/C(C)=C/CCC2=CC(=O)OC2)[C@@H]1O. The molecule has 2 heterocycles. The lowest BCUT2D eigenvalue weighted by Crippen LogP contribution is -2.19. The number of cyclic esters (lactones) is 2. The maximum absolute atomic E-state index is 11.9. The third-order valence-electron chi connectivity index (χ3n) is 4.19. The fraction of sp³-hybridized carbons (Fsp3) is 0.500. The number of hydrogen-bond acceptors (Lipinski definition) is 5. The second-order valence-corrected chi connectivity index (χ2v) is 6.76. The van der Waals surface area contributed by atoms with Crippen LogP contribution in [0.1, 0.15) is 46.5 Å². The van der Waals surface area contributed by atoms with Crippen LogP contribution in [-0.2, 0) is 19.1 Å². The Balaban J connectivity index is 1.80. The van der Waals surface area contributed by atoms with Crippen molar-refractivity contribution >= 4 is 11.9 Å². The van der Waals surface area contributed by atoms with Crippen LogP contribution in [0.5, 0.6) is 0 Å². The second-order valence-electron chi connectivity index (χ2n) is 6.76. The Hall–Kier alpha value is -2.14. The first-order valence-electron chi connectivity index (χ1n) is 8.62. The van der Waals surface area contributed by atoms with E-state index < -0.39 is 18.2 Å². The minimum absolute atomic E-state index is 0.254. The number of hydrogen-bond donors (Lipinski definition) is 1. The molecule has 5 heteroatoms. The Morgan fingerprint density at radius 3 is 2.68 bits per heavy atom. The van der Waals surface area contributed by atoms with Crippen LogP contribution in [0.15, 0.2) is 46.6 Å². The molecule has 0 aromatic rings. The zero-order chi connectivity index (χ0) is 18.4. The molecule has 1 saturated heterocycles. The van der Waals surface area contributed by atoms with E-state index in [-0.39, 0.29) is 5.97 Å². The van der Waals surface area contributed by atoms with Gasteiger partial charge in [-0.1, -0.05) is 23.3 Å². The summed E-state index contributed by atoms with van der Waals surface area (Å²) in [7, 11) is 0. The summed E-state index contributed by atoms with van der Waals surface area (Å²) in [5.41, 5.74) is 3.59. The molecule has 1 fully saturated rings. The molecule has 0 aliphatic carbocycles. The van der Waals surface area contributed by atoms with Crippen LogP contribution in [0.25, 0.3) is 0 Å². The van der Waals surface area contributed by atoms with E-state index in [9.17, 15) is 14.7 Å². The lowest BCUT2D eigenvalue weighted by atomic mass is 10.0. The maximum Gasteiger partial charge on any atom is 0.337 e. The first-order chi connectivity index (χ1) is 11.9. The van der Waals surface area contributed by atoms with E-state index >= 15 is 0 Å². The molecule has 2 atom stereocenters. The third-order valence-corrected chi connectivity index (χ3v) is 4.19. The molecule has 0 aromatic carbocycles. The molecule has 0 unspecified atom stereocenters. The molecule has 0 spiro atoms. The van der Waals surface area contributed by atoms with Gasteiger partial charge in [-0.25, -0.2) is 9.59 Å². The topological polar surface area (TPSA) is 72.8 Å². The fourth-order valence-electron chi connectivity index (χ4n) is 2.83. The van der Waals surface area contributed by atoms with Gasteiger partial charge in [0.1, 0.15) is 12.7 Å². The molecule has 0 saturated carbocycles. The van der Waals surface area contributed by atoms with Crippen molar-refractivity contribution in [2.24, 2.45) is 0 Å². The van der Waals surface area contributed by atoms with E-state index in [0.29, 0.717) is 18.6 Å². The van der Waals surface area contributed by atoms with Gasteiger partial charge in [0.15, 0.2) is 6.10 Å². The monoisotopic (exact) mass is 346 g/mol. The fourth-order valence-corrected chi connectivity index (χ4v) is 2.83. The van der Waals surface area contributed by atoms with Gasteiger partial charge in [-0.15, -0.1) is 0 Å². The van der Waals surface area contributed by atoms with Crippen LogP contribution < -0.4 is 0 Å². The van der Waals surface area contributed by atoms with Gasteiger partial charge in [-0.05, 0) is 58.1 Å². The quantitative estimate of drug-likeness (QED) is 0.435. The average Bonchev–Trinajstić information content (AvgIpc) is 3.05. The summed E-state index contributed by atoms with van der Waals surface area (Å²) in [4.78, 5) is 22.8. The first kappa shape index (κ1) is 19.2. The van der Waals surface area contributed by atoms with Gasteiger partial charge in [0.25, 0.3) is 0 Å². The van der Waals surface area contributed by atoms with Crippen molar-refractivity contribution in [2.75, 3.05) is 6.61 Å². The van der Waals surface area contributed by atoms with Gasteiger partial charge in [0, 0.05) is 6.08 Å². The highest BCUT2D eigenvalue weighted by atomic mass is 16.6. The van der Waals surface area contributed by atoms with E-state index in [2.05, 4.69) is 6.08 Å². The van der Waals surface area contributed by atoms with Crippen molar-refractivity contribution < 1.29 is 24.2 Å². The van der Waals surface area contributed by atoms with Crippen molar-refractivity contribution in [2.45, 2.75) is 58.7 Å². The van der Waals surface area contributed by atoms with Crippen molar-refractivity contribution in [1.29, 1.82) is 0 Å². The summed E-state index contributed by atoms with van der Waals surface area (Å²) in [6.07, 6.45) is 8.93. The molecule has 5 nitrogen and oxygen atoms in total. The normalized spacial score (nSPS) is 25.0. The van der Waals surface area contributed by atoms with Crippen LogP contribution in [0, 0.1) is 0 Å². The lowest BCUT2D eigenvalue weighted by Gasteiger charge is -2.08. The van der Waals surface area contributed by atoms with Crippen LogP contribution in [0.3, 0.4) is 0 Å². The molecule has 2 aliphatic heterocycles. The van der Waals surface area contributed by atoms with E-state index in [1.54, 1.807) is 18.2 Å². The molecule has 25 heavy (non-hydrogen) atoms. The highest BCUT2D eigenvalue weighted by Crippen LogP contribution is 2.24. The van der Waals surface area contributed by atoms with Gasteiger partial charge in [-0.3, -0.25) is 0 Å². The highest BCUT2D eigenvalue weighted by Gasteiger charge is 2.36. The van der Waals surface area contributed by atoms with Crippen molar-refractivity contribution in [3.63, 3.8) is 0 Å². The standard InChI is InChI=1S/C20H26O5/c1-13(2)10-17-19(22)16(20(23)25-17)9-5-7-14(3)6-4-8-15-11-18(21)24-12-15/h6,9-11,17,19,22H,4-5,7-8,12H2,1-3H3/b14-6+,16-9+/t17-,19+/m1/s1. The average molecular weight is 346 g/mol. The molecular formula is C20H26O5. The zero-order valence-electron chi connectivity index (χ0n) is 15.1. The van der Waals surface area contributed by atoms with Gasteiger partial charge in [0.05, 0.1) is 5.57 Å². The number of carbonyl (C=O) groups excluding carboxylic acids is 2. The van der Waals surface area contributed by atoms with E-state index in [0.717, 1.165) is 30.4 Å². The molecule has 0 bridgehead atoms. The second kappa shape index (κ2) is 8.81. The summed E-state index contributed by atoms with van der Waals surface area (Å²) in [6, 6.07) is 0.